The number of hydrogen-bond acceptors (Lipinski definition) is 6. The van der Waals surface area contributed by atoms with Gasteiger partial charge in [-0.15, -0.1) is 0 Å². The van der Waals surface area contributed by atoms with E-state index in [0.717, 1.165) is 70.6 Å². The number of hydrogen-bond donors (Lipinski definition) is 1. The highest BCUT2D eigenvalue weighted by Crippen LogP contribution is 2.43. The van der Waals surface area contributed by atoms with Crippen LogP contribution in [-0.2, 0) is 27.9 Å². The summed E-state index contributed by atoms with van der Waals surface area (Å²) < 4.78 is 35.0. The van der Waals surface area contributed by atoms with Crippen LogP contribution in [0.5, 0.6) is 0 Å². The number of carbonyl (C=O) groups excluding carboxylic acids is 1. The predicted octanol–water partition coefficient (Wildman–Crippen LogP) is 14.4. The Bertz CT molecular complexity index is 1230. The Hall–Kier alpha value is -2.32. The number of ether oxygens (including phenoxy) is 2. The van der Waals surface area contributed by atoms with Gasteiger partial charge in [0.15, 0.2) is 0 Å². The monoisotopic (exact) mass is 861 g/mol. The van der Waals surface area contributed by atoms with Crippen molar-refractivity contribution in [3.63, 3.8) is 0 Å². The lowest BCUT2D eigenvalue weighted by Gasteiger charge is -2.24. The number of unbranched alkanes of at least 4 members (excludes halogenated alkanes) is 15. The first-order chi connectivity index (χ1) is 29.1. The quantitative estimate of drug-likeness (QED) is 0.0215. The van der Waals surface area contributed by atoms with Crippen molar-refractivity contribution in [3.8, 4) is 0 Å². The maximum atomic E-state index is 12.7. The standard InChI is InChI=1S/C51H90NO7P/c1-6-8-10-12-14-16-18-20-22-24-26-27-29-31-33-35-37-39-41-43-46-56-48-50(49-58-60(54,55)57-47-45-52(3,4)5)59-51(53)44-42-40-38-36-34-32-30-28-25-23-21-19-17-15-13-11-9-7-2/h8,10,14,16,20,22-23,25-27,31,33,37,39,50H,6-7,9,11-13,15,17-19,21,24,28-30,32,34-36,38,40-49H2,1-5H3/p+1/b10-8-,16-14-,22-20-,25-23-,27-26-,33-31-,39-37-. The van der Waals surface area contributed by atoms with Crippen molar-refractivity contribution in [1.29, 1.82) is 0 Å². The third kappa shape index (κ3) is 46.7. The molecule has 0 aliphatic rings. The summed E-state index contributed by atoms with van der Waals surface area (Å²) in [5.41, 5.74) is 0. The molecule has 0 heterocycles. The smallest absolute Gasteiger partial charge is 0.457 e. The number of quaternary nitrogens is 1. The van der Waals surface area contributed by atoms with E-state index in [1.165, 1.54) is 83.5 Å². The average molecular weight is 861 g/mol. The van der Waals surface area contributed by atoms with E-state index >= 15 is 0 Å². The second-order valence-electron chi connectivity index (χ2n) is 16.8. The SMILES string of the molecule is CC/C=C\C/C=C\C/C=C\C/C=C\C/C=C\C/C=C\CCCOCC(COP(=O)(O)OCC[N+](C)(C)C)OC(=O)CCCCCCCCC/C=C\CCCCCCCCC. The van der Waals surface area contributed by atoms with Crippen LogP contribution in [0.3, 0.4) is 0 Å². The molecule has 0 saturated carbocycles. The van der Waals surface area contributed by atoms with E-state index in [9.17, 15) is 14.3 Å². The third-order valence-corrected chi connectivity index (χ3v) is 10.7. The lowest BCUT2D eigenvalue weighted by molar-refractivity contribution is -0.870. The number of esters is 1. The molecular formula is C51H91NO7P+. The molecule has 0 radical (unpaired) electrons. The normalized spacial score (nSPS) is 14.4. The van der Waals surface area contributed by atoms with Gasteiger partial charge >= 0.3 is 13.8 Å². The number of phosphoric acid groups is 1. The largest absolute Gasteiger partial charge is 0.472 e. The summed E-state index contributed by atoms with van der Waals surface area (Å²) in [7, 11) is 1.62. The molecule has 0 aromatic heterocycles. The van der Waals surface area contributed by atoms with Crippen molar-refractivity contribution < 1.29 is 37.3 Å². The molecule has 1 N–H and O–H groups in total. The topological polar surface area (TPSA) is 91.3 Å². The van der Waals surface area contributed by atoms with Gasteiger partial charge in [0.25, 0.3) is 0 Å². The molecule has 0 amide bonds. The maximum Gasteiger partial charge on any atom is 0.472 e. The summed E-state index contributed by atoms with van der Waals surface area (Å²) in [4.78, 5) is 22.9. The molecule has 0 saturated heterocycles. The second-order valence-corrected chi connectivity index (χ2v) is 18.2. The fourth-order valence-electron chi connectivity index (χ4n) is 6.03. The van der Waals surface area contributed by atoms with Gasteiger partial charge in [0.2, 0.25) is 0 Å². The number of likely N-dealkylation sites (N-methyl/N-ethyl adjacent to an activating group) is 1. The molecule has 0 rings (SSSR count). The van der Waals surface area contributed by atoms with E-state index in [-0.39, 0.29) is 25.8 Å². The minimum Gasteiger partial charge on any atom is -0.457 e. The first-order valence-electron chi connectivity index (χ1n) is 23.8. The van der Waals surface area contributed by atoms with E-state index in [1.807, 2.05) is 21.1 Å². The molecule has 8 nitrogen and oxygen atoms in total. The summed E-state index contributed by atoms with van der Waals surface area (Å²) in [6.07, 6.45) is 57.8. The van der Waals surface area contributed by atoms with Crippen LogP contribution >= 0.6 is 7.82 Å². The highest BCUT2D eigenvalue weighted by Gasteiger charge is 2.26. The van der Waals surface area contributed by atoms with Gasteiger partial charge in [-0.2, -0.15) is 0 Å². The fraction of sp³-hybridized carbons (Fsp3) is 0.706. The summed E-state index contributed by atoms with van der Waals surface area (Å²) >= 11 is 0. The van der Waals surface area contributed by atoms with Crippen LogP contribution in [0, 0.1) is 0 Å². The highest BCUT2D eigenvalue weighted by molar-refractivity contribution is 7.47. The minimum absolute atomic E-state index is 0.0727. The Balaban J connectivity index is 4.33. The molecule has 346 valence electrons. The van der Waals surface area contributed by atoms with Gasteiger partial charge in [0, 0.05) is 13.0 Å². The first kappa shape index (κ1) is 57.7. The zero-order chi connectivity index (χ0) is 44.1. The molecule has 0 aliphatic heterocycles. The lowest BCUT2D eigenvalue weighted by atomic mass is 10.1. The third-order valence-electron chi connectivity index (χ3n) is 9.69. The van der Waals surface area contributed by atoms with Crippen LogP contribution in [-0.4, -0.2) is 75.6 Å². The van der Waals surface area contributed by atoms with Gasteiger partial charge in [0.05, 0.1) is 34.4 Å². The van der Waals surface area contributed by atoms with Crippen LogP contribution < -0.4 is 0 Å². The number of carbonyl (C=O) groups is 1. The Morgan fingerprint density at radius 3 is 1.47 bits per heavy atom. The molecule has 2 atom stereocenters. The van der Waals surface area contributed by atoms with Crippen molar-refractivity contribution in [3.05, 3.63) is 85.1 Å². The average Bonchev–Trinajstić information content (AvgIpc) is 3.20. The van der Waals surface area contributed by atoms with Crippen LogP contribution in [0.25, 0.3) is 0 Å². The Morgan fingerprint density at radius 1 is 0.533 bits per heavy atom. The van der Waals surface area contributed by atoms with Crippen molar-refractivity contribution in [1.82, 2.24) is 0 Å². The van der Waals surface area contributed by atoms with Crippen LogP contribution in [0.15, 0.2) is 85.1 Å². The highest BCUT2D eigenvalue weighted by atomic mass is 31.2. The number of phosphoric ester groups is 1. The second kappa shape index (κ2) is 43.3. The number of allylic oxidation sites excluding steroid dienone is 14. The van der Waals surface area contributed by atoms with Crippen molar-refractivity contribution in [2.45, 2.75) is 180 Å². The molecule has 0 spiro atoms. The van der Waals surface area contributed by atoms with Gasteiger partial charge in [-0.1, -0.05) is 170 Å². The Labute approximate surface area is 369 Å². The van der Waals surface area contributed by atoms with Crippen molar-refractivity contribution >= 4 is 13.8 Å². The van der Waals surface area contributed by atoms with E-state index in [2.05, 4.69) is 98.9 Å². The van der Waals surface area contributed by atoms with E-state index in [4.69, 9.17) is 18.5 Å². The van der Waals surface area contributed by atoms with Crippen molar-refractivity contribution in [2.24, 2.45) is 0 Å². The molecule has 0 fully saturated rings. The lowest BCUT2D eigenvalue weighted by Crippen LogP contribution is -2.37. The molecule has 2 unspecified atom stereocenters. The van der Waals surface area contributed by atoms with Gasteiger partial charge in [-0.3, -0.25) is 13.8 Å². The van der Waals surface area contributed by atoms with E-state index < -0.39 is 13.9 Å². The molecule has 0 aromatic carbocycles. The fourth-order valence-corrected chi connectivity index (χ4v) is 6.78. The summed E-state index contributed by atoms with van der Waals surface area (Å²) in [6.45, 7) is 5.33. The van der Waals surface area contributed by atoms with E-state index in [1.54, 1.807) is 0 Å². The maximum absolute atomic E-state index is 12.7. The molecule has 60 heavy (non-hydrogen) atoms. The van der Waals surface area contributed by atoms with Crippen LogP contribution in [0.1, 0.15) is 174 Å². The molecule has 0 aliphatic carbocycles. The first-order valence-corrected chi connectivity index (χ1v) is 25.3. The minimum atomic E-state index is -4.30. The van der Waals surface area contributed by atoms with Gasteiger partial charge in [0.1, 0.15) is 19.3 Å². The van der Waals surface area contributed by atoms with Crippen molar-refractivity contribution in [2.75, 3.05) is 54.1 Å². The van der Waals surface area contributed by atoms with Gasteiger partial charge < -0.3 is 18.9 Å². The zero-order valence-electron chi connectivity index (χ0n) is 39.2. The molecule has 0 bridgehead atoms. The Kier molecular flexibility index (Phi) is 41.7. The summed E-state index contributed by atoms with van der Waals surface area (Å²) in [6, 6.07) is 0. The molecule has 9 heteroatoms. The Morgan fingerprint density at radius 2 is 0.967 bits per heavy atom. The molecular weight excluding hydrogens is 770 g/mol. The zero-order valence-corrected chi connectivity index (χ0v) is 40.1. The number of nitrogens with zero attached hydrogens (tertiary/aromatic N) is 1. The van der Waals surface area contributed by atoms with Crippen LogP contribution in [0.2, 0.25) is 0 Å². The van der Waals surface area contributed by atoms with Gasteiger partial charge in [-0.25, -0.2) is 4.57 Å². The molecule has 0 aromatic rings. The summed E-state index contributed by atoms with van der Waals surface area (Å²) in [5, 5.41) is 0. The van der Waals surface area contributed by atoms with E-state index in [0.29, 0.717) is 24.1 Å². The number of rotatable bonds is 43. The van der Waals surface area contributed by atoms with Gasteiger partial charge in [-0.05, 0) is 83.5 Å². The predicted molar refractivity (Wildman–Crippen MR) is 256 cm³/mol. The summed E-state index contributed by atoms with van der Waals surface area (Å²) in [5.74, 6) is -0.341. The van der Waals surface area contributed by atoms with Crippen LogP contribution in [0.4, 0.5) is 0 Å².